The summed E-state index contributed by atoms with van der Waals surface area (Å²) in [4.78, 5) is 50.0. The number of esters is 1. The Bertz CT molecular complexity index is 1540. The maximum atomic E-state index is 12.9. The lowest BCUT2D eigenvalue weighted by Crippen LogP contribution is -2.42. The highest BCUT2D eigenvalue weighted by molar-refractivity contribution is 5.96. The first kappa shape index (κ1) is 36.8. The molecule has 0 aliphatic heterocycles. The molecule has 1 fully saturated rings. The average Bonchev–Trinajstić information content (AvgIpc) is 3.62. The van der Waals surface area contributed by atoms with E-state index in [4.69, 9.17) is 14.2 Å². The summed E-state index contributed by atoms with van der Waals surface area (Å²) in [7, 11) is 1.42. The zero-order valence-electron chi connectivity index (χ0n) is 28.3. The van der Waals surface area contributed by atoms with Crippen molar-refractivity contribution in [3.63, 3.8) is 0 Å². The molecule has 0 saturated heterocycles. The number of benzene rings is 3. The molecule has 3 aromatic carbocycles. The molecule has 0 heterocycles. The van der Waals surface area contributed by atoms with Crippen molar-refractivity contribution in [2.24, 2.45) is 0 Å². The van der Waals surface area contributed by atoms with Crippen LogP contribution in [-0.2, 0) is 17.8 Å². The first-order valence-electron chi connectivity index (χ1n) is 17.0. The molecule has 49 heavy (non-hydrogen) atoms. The number of amides is 3. The maximum Gasteiger partial charge on any atom is 0.343 e. The topological polar surface area (TPSA) is 152 Å². The third-order valence-electron chi connectivity index (χ3n) is 8.44. The molecule has 1 atom stereocenters. The van der Waals surface area contributed by atoms with Gasteiger partial charge < -0.3 is 35.3 Å². The molecular weight excluding hydrogens is 626 g/mol. The number of carboxylic acid groups (broad SMARTS) is 1. The summed E-state index contributed by atoms with van der Waals surface area (Å²) in [6.45, 7) is 3.10. The normalized spacial score (nSPS) is 13.3. The van der Waals surface area contributed by atoms with Gasteiger partial charge in [-0.2, -0.15) is 0 Å². The van der Waals surface area contributed by atoms with Crippen LogP contribution in [0.1, 0.15) is 96.6 Å². The SMILES string of the molecule is CCCCCCCOc1ccc(C(=O)Oc2ccc(CC(NC(=O)c3ccc(CNC(=O)NC4CCCC4)cc3)C(=O)O)cc2OC)cc1. The van der Waals surface area contributed by atoms with Crippen LogP contribution in [0.5, 0.6) is 17.2 Å². The third kappa shape index (κ3) is 11.8. The predicted octanol–water partition coefficient (Wildman–Crippen LogP) is 6.43. The number of aliphatic carboxylic acids is 1. The van der Waals surface area contributed by atoms with Gasteiger partial charge in [-0.15, -0.1) is 0 Å². The number of urea groups is 1. The summed E-state index contributed by atoms with van der Waals surface area (Å²) in [5.41, 5.74) is 1.98. The molecule has 4 rings (SSSR count). The molecule has 1 unspecified atom stereocenters. The number of carbonyl (C=O) groups is 4. The largest absolute Gasteiger partial charge is 0.494 e. The highest BCUT2D eigenvalue weighted by atomic mass is 16.6. The maximum absolute atomic E-state index is 12.9. The van der Waals surface area contributed by atoms with E-state index in [1.165, 1.54) is 32.4 Å². The van der Waals surface area contributed by atoms with Crippen molar-refractivity contribution in [3.05, 3.63) is 89.0 Å². The molecule has 3 aromatic rings. The van der Waals surface area contributed by atoms with Crippen molar-refractivity contribution < 1.29 is 38.5 Å². The van der Waals surface area contributed by atoms with Gasteiger partial charge in [-0.3, -0.25) is 4.79 Å². The van der Waals surface area contributed by atoms with E-state index in [9.17, 15) is 24.3 Å². The van der Waals surface area contributed by atoms with Crippen LogP contribution in [0, 0.1) is 0 Å². The molecule has 1 saturated carbocycles. The van der Waals surface area contributed by atoms with E-state index in [2.05, 4.69) is 22.9 Å². The quantitative estimate of drug-likeness (QED) is 0.0685. The minimum atomic E-state index is -1.23. The van der Waals surface area contributed by atoms with Crippen LogP contribution in [0.15, 0.2) is 66.7 Å². The van der Waals surface area contributed by atoms with E-state index >= 15 is 0 Å². The highest BCUT2D eigenvalue weighted by Crippen LogP contribution is 2.30. The zero-order chi connectivity index (χ0) is 35.0. The molecular formula is C38H47N3O8. The number of nitrogens with one attached hydrogen (secondary N) is 3. The minimum absolute atomic E-state index is 0.0379. The van der Waals surface area contributed by atoms with Crippen LogP contribution < -0.4 is 30.2 Å². The van der Waals surface area contributed by atoms with Crippen molar-refractivity contribution in [2.45, 2.75) is 89.8 Å². The van der Waals surface area contributed by atoms with Crippen LogP contribution in [0.4, 0.5) is 4.79 Å². The Hall–Kier alpha value is -5.06. The first-order chi connectivity index (χ1) is 23.7. The summed E-state index contributed by atoms with van der Waals surface area (Å²) >= 11 is 0. The standard InChI is InChI=1S/C38H47N3O8/c1-3-4-5-6-9-22-48-31-19-17-29(18-20-31)37(45)49-33-21-14-27(24-34(33)47-2)23-32(36(43)44)41-35(42)28-15-12-26(13-16-28)25-39-38(46)40-30-10-7-8-11-30/h12-21,24,30,32H,3-11,22-23,25H2,1-2H3,(H,41,42)(H,43,44)(H2,39,40,46). The Kier molecular flexibility index (Phi) is 14.3. The van der Waals surface area contributed by atoms with Crippen LogP contribution in [-0.4, -0.2) is 54.8 Å². The Labute approximate surface area is 287 Å². The van der Waals surface area contributed by atoms with Gasteiger partial charge in [0.2, 0.25) is 0 Å². The van der Waals surface area contributed by atoms with Crippen LogP contribution in [0.3, 0.4) is 0 Å². The number of hydrogen-bond acceptors (Lipinski definition) is 7. The summed E-state index contributed by atoms with van der Waals surface area (Å²) in [6, 6.07) is 16.8. The summed E-state index contributed by atoms with van der Waals surface area (Å²) in [5.74, 6) is -1.25. The van der Waals surface area contributed by atoms with Gasteiger partial charge in [0, 0.05) is 24.6 Å². The predicted molar refractivity (Wildman–Crippen MR) is 185 cm³/mol. The second kappa shape index (κ2) is 19.1. The van der Waals surface area contributed by atoms with E-state index in [0.717, 1.165) is 44.1 Å². The number of rotatable bonds is 18. The van der Waals surface area contributed by atoms with Gasteiger partial charge in [0.05, 0.1) is 19.3 Å². The third-order valence-corrected chi connectivity index (χ3v) is 8.44. The van der Waals surface area contributed by atoms with Gasteiger partial charge in [0.25, 0.3) is 5.91 Å². The lowest BCUT2D eigenvalue weighted by molar-refractivity contribution is -0.139. The van der Waals surface area contributed by atoms with Gasteiger partial charge >= 0.3 is 18.0 Å². The van der Waals surface area contributed by atoms with Crippen LogP contribution in [0.2, 0.25) is 0 Å². The lowest BCUT2D eigenvalue weighted by atomic mass is 10.0. The Balaban J connectivity index is 1.28. The van der Waals surface area contributed by atoms with Gasteiger partial charge in [-0.1, -0.05) is 63.6 Å². The number of carbonyl (C=O) groups excluding carboxylic acids is 3. The van der Waals surface area contributed by atoms with E-state index < -0.39 is 23.9 Å². The van der Waals surface area contributed by atoms with Crippen molar-refractivity contribution >= 4 is 23.9 Å². The molecule has 11 nitrogen and oxygen atoms in total. The number of methoxy groups -OCH3 is 1. The van der Waals surface area contributed by atoms with E-state index in [0.29, 0.717) is 30.0 Å². The average molecular weight is 674 g/mol. The van der Waals surface area contributed by atoms with Gasteiger partial charge in [0.15, 0.2) is 11.5 Å². The zero-order valence-corrected chi connectivity index (χ0v) is 28.3. The highest BCUT2D eigenvalue weighted by Gasteiger charge is 2.23. The Morgan fingerprint density at radius 3 is 2.18 bits per heavy atom. The number of hydrogen-bond donors (Lipinski definition) is 4. The number of carboxylic acids is 1. The Morgan fingerprint density at radius 2 is 1.51 bits per heavy atom. The van der Waals surface area contributed by atoms with E-state index in [1.54, 1.807) is 60.7 Å². The second-order valence-corrected chi connectivity index (χ2v) is 12.2. The van der Waals surface area contributed by atoms with Gasteiger partial charge in [-0.05, 0) is 78.9 Å². The molecule has 4 N–H and O–H groups in total. The van der Waals surface area contributed by atoms with Gasteiger partial charge in [-0.25, -0.2) is 14.4 Å². The van der Waals surface area contributed by atoms with Crippen molar-refractivity contribution in [2.75, 3.05) is 13.7 Å². The number of unbranched alkanes of at least 4 members (excludes halogenated alkanes) is 4. The van der Waals surface area contributed by atoms with Crippen LogP contribution in [0.25, 0.3) is 0 Å². The molecule has 262 valence electrons. The fourth-order valence-electron chi connectivity index (χ4n) is 5.61. The summed E-state index contributed by atoms with van der Waals surface area (Å²) in [5, 5.41) is 18.2. The van der Waals surface area contributed by atoms with E-state index in [-0.39, 0.29) is 35.6 Å². The molecule has 0 spiro atoms. The molecule has 1 aliphatic carbocycles. The molecule has 1 aliphatic rings. The molecule has 11 heteroatoms. The van der Waals surface area contributed by atoms with Crippen molar-refractivity contribution in [3.8, 4) is 17.2 Å². The molecule has 0 bridgehead atoms. The smallest absolute Gasteiger partial charge is 0.343 e. The Morgan fingerprint density at radius 1 is 0.837 bits per heavy atom. The number of ether oxygens (including phenoxy) is 3. The monoisotopic (exact) mass is 673 g/mol. The van der Waals surface area contributed by atoms with Crippen molar-refractivity contribution in [1.29, 1.82) is 0 Å². The summed E-state index contributed by atoms with van der Waals surface area (Å²) in [6.07, 6.45) is 9.93. The van der Waals surface area contributed by atoms with Gasteiger partial charge in [0.1, 0.15) is 11.8 Å². The summed E-state index contributed by atoms with van der Waals surface area (Å²) < 4.78 is 16.8. The fourth-order valence-corrected chi connectivity index (χ4v) is 5.61. The van der Waals surface area contributed by atoms with Crippen LogP contribution >= 0.6 is 0 Å². The molecule has 0 radical (unpaired) electrons. The molecule has 3 amide bonds. The molecule has 0 aromatic heterocycles. The first-order valence-corrected chi connectivity index (χ1v) is 17.0. The van der Waals surface area contributed by atoms with Crippen molar-refractivity contribution in [1.82, 2.24) is 16.0 Å². The minimum Gasteiger partial charge on any atom is -0.494 e. The fraction of sp³-hybridized carbons (Fsp3) is 0.421. The second-order valence-electron chi connectivity index (χ2n) is 12.2. The lowest BCUT2D eigenvalue weighted by Gasteiger charge is -2.16. The van der Waals surface area contributed by atoms with E-state index in [1.807, 2.05) is 0 Å².